The van der Waals surface area contributed by atoms with Crippen LogP contribution in [0.3, 0.4) is 0 Å². The number of nitrogens with zero attached hydrogens (tertiary/aromatic N) is 4. The highest BCUT2D eigenvalue weighted by atomic mass is 19.4. The SMILES string of the molecule is C=O.NC(CC(=O)N1CCn2c(nnc2C(F)(F)F)C1)Cc1cc(F)c(F)cc1F. The second-order valence-electron chi connectivity index (χ2n) is 6.43. The molecule has 1 aliphatic heterocycles. The van der Waals surface area contributed by atoms with Gasteiger partial charge in [0.05, 0.1) is 6.54 Å². The molecule has 0 radical (unpaired) electrons. The summed E-state index contributed by atoms with van der Waals surface area (Å²) < 4.78 is 79.3. The fourth-order valence-corrected chi connectivity index (χ4v) is 3.01. The van der Waals surface area contributed by atoms with Gasteiger partial charge in [0.1, 0.15) is 12.6 Å². The average molecular weight is 437 g/mol. The van der Waals surface area contributed by atoms with Gasteiger partial charge in [-0.3, -0.25) is 4.79 Å². The molecule has 1 unspecified atom stereocenters. The number of hydrogen-bond acceptors (Lipinski definition) is 5. The summed E-state index contributed by atoms with van der Waals surface area (Å²) in [5.74, 6) is -5.15. The van der Waals surface area contributed by atoms with Crippen LogP contribution in [0, 0.1) is 17.5 Å². The Morgan fingerprint density at radius 3 is 2.37 bits per heavy atom. The van der Waals surface area contributed by atoms with Crippen LogP contribution in [0.2, 0.25) is 0 Å². The first-order valence-corrected chi connectivity index (χ1v) is 8.51. The summed E-state index contributed by atoms with van der Waals surface area (Å²) in [6.07, 6.45) is -5.11. The lowest BCUT2D eigenvalue weighted by atomic mass is 10.0. The molecular weight excluding hydrogens is 420 g/mol. The highest BCUT2D eigenvalue weighted by Crippen LogP contribution is 2.29. The number of carbonyl (C=O) groups is 2. The third-order valence-electron chi connectivity index (χ3n) is 4.37. The minimum Gasteiger partial charge on any atom is -0.333 e. The summed E-state index contributed by atoms with van der Waals surface area (Å²) in [6, 6.07) is 0.184. The standard InChI is InChI=1S/C16H15F6N5O.CH2O/c17-10-6-12(19)11(18)4-8(10)3-9(23)5-14(28)26-1-2-27-13(7-26)24-25-15(27)16(20,21)22;1-2/h4,6,9H,1-3,5,7,23H2;1H2. The molecule has 2 heterocycles. The van der Waals surface area contributed by atoms with Gasteiger partial charge in [0.2, 0.25) is 11.7 Å². The predicted molar refractivity (Wildman–Crippen MR) is 90.2 cm³/mol. The quantitative estimate of drug-likeness (QED) is 0.582. The van der Waals surface area contributed by atoms with E-state index in [0.717, 1.165) is 4.57 Å². The molecule has 0 saturated heterocycles. The highest BCUT2D eigenvalue weighted by Gasteiger charge is 2.39. The van der Waals surface area contributed by atoms with Crippen LogP contribution in [0.5, 0.6) is 0 Å². The molecule has 0 aliphatic carbocycles. The van der Waals surface area contributed by atoms with E-state index in [2.05, 4.69) is 10.2 Å². The summed E-state index contributed by atoms with van der Waals surface area (Å²) >= 11 is 0. The Hall–Kier alpha value is -2.96. The van der Waals surface area contributed by atoms with E-state index in [-0.39, 0.29) is 43.9 Å². The van der Waals surface area contributed by atoms with Crippen LogP contribution in [0.15, 0.2) is 12.1 Å². The molecule has 164 valence electrons. The molecule has 13 heteroatoms. The lowest BCUT2D eigenvalue weighted by molar-refractivity contribution is -0.148. The van der Waals surface area contributed by atoms with Gasteiger partial charge in [0.25, 0.3) is 0 Å². The number of halogens is 6. The predicted octanol–water partition coefficient (Wildman–Crippen LogP) is 1.83. The molecule has 1 aromatic heterocycles. The summed E-state index contributed by atoms with van der Waals surface area (Å²) in [5.41, 5.74) is 5.64. The van der Waals surface area contributed by atoms with Crippen molar-refractivity contribution in [2.75, 3.05) is 6.54 Å². The van der Waals surface area contributed by atoms with E-state index in [1.54, 1.807) is 0 Å². The van der Waals surface area contributed by atoms with E-state index in [0.29, 0.717) is 12.1 Å². The number of nitrogens with two attached hydrogens (primary N) is 1. The monoisotopic (exact) mass is 437 g/mol. The van der Waals surface area contributed by atoms with E-state index in [4.69, 9.17) is 10.5 Å². The summed E-state index contributed by atoms with van der Waals surface area (Å²) in [4.78, 5) is 21.6. The van der Waals surface area contributed by atoms with Crippen molar-refractivity contribution < 1.29 is 35.9 Å². The Balaban J connectivity index is 0.00000155. The third kappa shape index (κ3) is 5.14. The number of fused-ring (bicyclic) bond motifs is 1. The molecule has 30 heavy (non-hydrogen) atoms. The molecule has 1 amide bonds. The number of benzene rings is 1. The van der Waals surface area contributed by atoms with Crippen molar-refractivity contribution in [3.8, 4) is 0 Å². The van der Waals surface area contributed by atoms with Crippen molar-refractivity contribution in [2.45, 2.75) is 38.1 Å². The number of aromatic nitrogens is 3. The maximum Gasteiger partial charge on any atom is 0.451 e. The van der Waals surface area contributed by atoms with E-state index in [1.807, 2.05) is 6.79 Å². The zero-order valence-corrected chi connectivity index (χ0v) is 15.4. The van der Waals surface area contributed by atoms with Gasteiger partial charge in [-0.2, -0.15) is 13.2 Å². The van der Waals surface area contributed by atoms with Crippen molar-refractivity contribution in [1.29, 1.82) is 0 Å². The molecule has 0 saturated carbocycles. The molecule has 2 N–H and O–H groups in total. The van der Waals surface area contributed by atoms with Gasteiger partial charge in [-0.15, -0.1) is 10.2 Å². The Morgan fingerprint density at radius 2 is 1.73 bits per heavy atom. The molecule has 7 nitrogen and oxygen atoms in total. The van der Waals surface area contributed by atoms with Gasteiger partial charge < -0.3 is 20.0 Å². The fraction of sp³-hybridized carbons (Fsp3) is 0.412. The highest BCUT2D eigenvalue weighted by molar-refractivity contribution is 5.76. The average Bonchev–Trinajstić information content (AvgIpc) is 3.11. The maximum absolute atomic E-state index is 13.7. The number of amides is 1. The number of rotatable bonds is 4. The van der Waals surface area contributed by atoms with Crippen molar-refractivity contribution in [1.82, 2.24) is 19.7 Å². The molecule has 1 aliphatic rings. The second-order valence-corrected chi connectivity index (χ2v) is 6.43. The molecule has 2 aromatic rings. The lowest BCUT2D eigenvalue weighted by Gasteiger charge is -2.29. The third-order valence-corrected chi connectivity index (χ3v) is 4.37. The molecule has 1 atom stereocenters. The van der Waals surface area contributed by atoms with Crippen LogP contribution < -0.4 is 5.73 Å². The van der Waals surface area contributed by atoms with E-state index < -0.39 is 41.4 Å². The van der Waals surface area contributed by atoms with Crippen molar-refractivity contribution >= 4 is 12.7 Å². The first-order chi connectivity index (χ1) is 14.1. The Morgan fingerprint density at radius 1 is 1.10 bits per heavy atom. The number of alkyl halides is 3. The van der Waals surface area contributed by atoms with Gasteiger partial charge in [-0.25, -0.2) is 13.2 Å². The van der Waals surface area contributed by atoms with Crippen molar-refractivity contribution in [2.24, 2.45) is 5.73 Å². The van der Waals surface area contributed by atoms with Gasteiger partial charge >= 0.3 is 6.18 Å². The second kappa shape index (κ2) is 9.24. The Bertz CT molecular complexity index is 917. The molecule has 3 rings (SSSR count). The van der Waals surface area contributed by atoms with Crippen LogP contribution >= 0.6 is 0 Å². The summed E-state index contributed by atoms with van der Waals surface area (Å²) in [5, 5.41) is 6.60. The lowest BCUT2D eigenvalue weighted by Crippen LogP contribution is -2.42. The normalized spacial score (nSPS) is 14.6. The van der Waals surface area contributed by atoms with Crippen LogP contribution in [-0.2, 0) is 35.3 Å². The fourth-order valence-electron chi connectivity index (χ4n) is 3.01. The van der Waals surface area contributed by atoms with Crippen molar-refractivity contribution in [3.05, 3.63) is 46.8 Å². The minimum atomic E-state index is -4.64. The molecular formula is C17H17F6N5O2. The van der Waals surface area contributed by atoms with E-state index >= 15 is 0 Å². The van der Waals surface area contributed by atoms with Crippen molar-refractivity contribution in [3.63, 3.8) is 0 Å². The molecule has 0 fully saturated rings. The smallest absolute Gasteiger partial charge is 0.333 e. The van der Waals surface area contributed by atoms with Crippen LogP contribution in [-0.4, -0.2) is 44.9 Å². The van der Waals surface area contributed by atoms with Gasteiger partial charge in [-0.1, -0.05) is 0 Å². The van der Waals surface area contributed by atoms with Crippen LogP contribution in [0.1, 0.15) is 23.6 Å². The zero-order chi connectivity index (χ0) is 22.6. The number of hydrogen-bond donors (Lipinski definition) is 1. The van der Waals surface area contributed by atoms with E-state index in [1.165, 1.54) is 4.90 Å². The first-order valence-electron chi connectivity index (χ1n) is 8.51. The number of carbonyl (C=O) groups excluding carboxylic acids is 2. The molecule has 0 spiro atoms. The first kappa shape index (κ1) is 23.3. The molecule has 0 bridgehead atoms. The van der Waals surface area contributed by atoms with Crippen LogP contribution in [0.4, 0.5) is 26.3 Å². The van der Waals surface area contributed by atoms with Crippen LogP contribution in [0.25, 0.3) is 0 Å². The van der Waals surface area contributed by atoms with E-state index in [9.17, 15) is 31.1 Å². The van der Waals surface area contributed by atoms with Gasteiger partial charge in [0.15, 0.2) is 17.5 Å². The topological polar surface area (TPSA) is 94.1 Å². The molecule has 1 aromatic carbocycles. The van der Waals surface area contributed by atoms with Gasteiger partial charge in [-0.05, 0) is 18.1 Å². The Labute approximate surface area is 166 Å². The maximum atomic E-state index is 13.7. The summed E-state index contributed by atoms with van der Waals surface area (Å²) in [7, 11) is 0. The van der Waals surface area contributed by atoms with Gasteiger partial charge in [0, 0.05) is 31.6 Å². The zero-order valence-electron chi connectivity index (χ0n) is 15.4. The Kier molecular flexibility index (Phi) is 7.18. The summed E-state index contributed by atoms with van der Waals surface area (Å²) in [6.45, 7) is 1.70. The largest absolute Gasteiger partial charge is 0.451 e. The minimum absolute atomic E-state index is 0.000783.